The maximum Gasteiger partial charge on any atom is 0.246 e. The number of ether oxygens (including phenoxy) is 1. The molecule has 2 saturated heterocycles. The van der Waals surface area contributed by atoms with E-state index in [1.165, 1.54) is 0 Å². The van der Waals surface area contributed by atoms with E-state index in [1.54, 1.807) is 17.3 Å². The zero-order valence-corrected chi connectivity index (χ0v) is 19.5. The summed E-state index contributed by atoms with van der Waals surface area (Å²) in [7, 11) is -4.48. The minimum Gasteiger partial charge on any atom is -0.490 e. The lowest BCUT2D eigenvalue weighted by atomic mass is 9.99. The Bertz CT molecular complexity index is 1070. The number of pyridine rings is 1. The van der Waals surface area contributed by atoms with Crippen LogP contribution in [0.2, 0.25) is 0 Å². The molecule has 0 unspecified atom stereocenters. The van der Waals surface area contributed by atoms with Crippen molar-refractivity contribution in [3.8, 4) is 5.75 Å². The summed E-state index contributed by atoms with van der Waals surface area (Å²) >= 11 is 0. The molecule has 2 aromatic rings. The van der Waals surface area contributed by atoms with Crippen molar-refractivity contribution < 1.29 is 26.7 Å². The van der Waals surface area contributed by atoms with Gasteiger partial charge in [0.25, 0.3) is 0 Å². The number of nitrogens with zero attached hydrogens (tertiary/aromatic N) is 3. The molecule has 11 heteroatoms. The van der Waals surface area contributed by atoms with Gasteiger partial charge in [0.1, 0.15) is 23.5 Å². The van der Waals surface area contributed by atoms with Crippen LogP contribution in [0.15, 0.2) is 47.6 Å². The monoisotopic (exact) mass is 494 g/mol. The molecule has 1 aromatic heterocycles. The lowest BCUT2D eigenvalue weighted by Gasteiger charge is -2.41. The summed E-state index contributed by atoms with van der Waals surface area (Å²) in [6.45, 7) is 2.31. The Labute approximate surface area is 198 Å². The molecule has 34 heavy (non-hydrogen) atoms. The number of amides is 1. The predicted octanol–water partition coefficient (Wildman–Crippen LogP) is 2.17. The summed E-state index contributed by atoms with van der Waals surface area (Å²) in [4.78, 5) is 19.5. The molecule has 2 fully saturated rings. The van der Waals surface area contributed by atoms with E-state index in [0.717, 1.165) is 62.7 Å². The van der Waals surface area contributed by atoms with E-state index < -0.39 is 39.0 Å². The molecule has 2 aliphatic rings. The highest BCUT2D eigenvalue weighted by molar-refractivity contribution is 7.89. The minimum atomic E-state index is -4.48. The summed E-state index contributed by atoms with van der Waals surface area (Å²) in [6.07, 6.45) is 7.02. The van der Waals surface area contributed by atoms with Gasteiger partial charge in [-0.05, 0) is 49.9 Å². The molecule has 0 radical (unpaired) electrons. The third kappa shape index (κ3) is 5.89. The number of carbonyl (C=O) groups excluding carboxylic acids is 1. The van der Waals surface area contributed by atoms with Gasteiger partial charge in [-0.25, -0.2) is 21.9 Å². The van der Waals surface area contributed by atoms with Crippen molar-refractivity contribution in [3.05, 3.63) is 54.4 Å². The zero-order valence-electron chi connectivity index (χ0n) is 18.7. The molecular formula is C23H28F2N4O4S. The van der Waals surface area contributed by atoms with Gasteiger partial charge in [-0.3, -0.25) is 14.7 Å². The molecule has 184 valence electrons. The number of benzene rings is 1. The number of aromatic nitrogens is 1. The number of piperidine rings is 2. The lowest BCUT2D eigenvalue weighted by Crippen LogP contribution is -2.51. The number of halogens is 2. The topological polar surface area (TPSA) is 91.8 Å². The molecule has 0 saturated carbocycles. The standard InChI is InChI=1S/C23H28F2N4O4S/c24-20-2-1-3-21(25)23(20)34(31,32)27-16-22(30)29-12-6-17(7-13-29)28-14-8-19(9-15-28)33-18-4-10-26-11-5-18/h1-5,10-11,17,19,27H,6-9,12-16H2. The van der Waals surface area contributed by atoms with E-state index in [-0.39, 0.29) is 6.10 Å². The van der Waals surface area contributed by atoms with Crippen LogP contribution in [0.25, 0.3) is 0 Å². The number of rotatable bonds is 7. The van der Waals surface area contributed by atoms with Crippen molar-refractivity contribution in [2.24, 2.45) is 0 Å². The van der Waals surface area contributed by atoms with Crippen LogP contribution in [-0.4, -0.2) is 74.0 Å². The summed E-state index contributed by atoms with van der Waals surface area (Å²) in [6, 6.07) is 6.86. The number of hydrogen-bond acceptors (Lipinski definition) is 6. The highest BCUT2D eigenvalue weighted by Crippen LogP contribution is 2.24. The molecule has 0 bridgehead atoms. The fraction of sp³-hybridized carbons (Fsp3) is 0.478. The van der Waals surface area contributed by atoms with Crippen LogP contribution in [0.5, 0.6) is 5.75 Å². The van der Waals surface area contributed by atoms with Crippen molar-refractivity contribution >= 4 is 15.9 Å². The van der Waals surface area contributed by atoms with Gasteiger partial charge in [-0.1, -0.05) is 6.07 Å². The first-order valence-corrected chi connectivity index (χ1v) is 12.8. The van der Waals surface area contributed by atoms with Gasteiger partial charge in [0.2, 0.25) is 15.9 Å². The van der Waals surface area contributed by atoms with E-state index in [1.807, 2.05) is 16.9 Å². The minimum absolute atomic E-state index is 0.174. The smallest absolute Gasteiger partial charge is 0.246 e. The molecule has 1 aromatic carbocycles. The van der Waals surface area contributed by atoms with Crippen molar-refractivity contribution in [1.29, 1.82) is 0 Å². The summed E-state index contributed by atoms with van der Waals surface area (Å²) in [5, 5.41) is 0. The Morgan fingerprint density at radius 3 is 2.24 bits per heavy atom. The number of likely N-dealkylation sites (tertiary alicyclic amines) is 2. The largest absolute Gasteiger partial charge is 0.490 e. The van der Waals surface area contributed by atoms with Gasteiger partial charge in [0, 0.05) is 44.6 Å². The van der Waals surface area contributed by atoms with Crippen LogP contribution >= 0.6 is 0 Å². The van der Waals surface area contributed by atoms with Gasteiger partial charge in [-0.15, -0.1) is 0 Å². The molecule has 0 atom stereocenters. The van der Waals surface area contributed by atoms with E-state index in [9.17, 15) is 22.0 Å². The van der Waals surface area contributed by atoms with Gasteiger partial charge < -0.3 is 9.64 Å². The molecule has 1 amide bonds. The number of nitrogens with one attached hydrogen (secondary N) is 1. The van der Waals surface area contributed by atoms with Crippen molar-refractivity contribution in [3.63, 3.8) is 0 Å². The first-order valence-electron chi connectivity index (χ1n) is 11.4. The van der Waals surface area contributed by atoms with E-state index in [0.29, 0.717) is 19.1 Å². The second kappa shape index (κ2) is 10.7. The van der Waals surface area contributed by atoms with Crippen molar-refractivity contribution in [1.82, 2.24) is 19.5 Å². The van der Waals surface area contributed by atoms with Crippen molar-refractivity contribution in [2.75, 3.05) is 32.7 Å². The van der Waals surface area contributed by atoms with E-state index in [2.05, 4.69) is 9.88 Å². The molecule has 0 spiro atoms. The van der Waals surface area contributed by atoms with Gasteiger partial charge in [-0.2, -0.15) is 0 Å². The quantitative estimate of drug-likeness (QED) is 0.635. The average Bonchev–Trinajstić information content (AvgIpc) is 2.84. The Balaban J connectivity index is 1.21. The third-order valence-electron chi connectivity index (χ3n) is 6.36. The predicted molar refractivity (Wildman–Crippen MR) is 121 cm³/mol. The van der Waals surface area contributed by atoms with Crippen LogP contribution in [0, 0.1) is 11.6 Å². The molecule has 1 N–H and O–H groups in total. The zero-order chi connectivity index (χ0) is 24.1. The maximum atomic E-state index is 13.8. The number of carbonyl (C=O) groups is 1. The van der Waals surface area contributed by atoms with E-state index in [4.69, 9.17) is 4.74 Å². The Hall–Kier alpha value is -2.63. The Morgan fingerprint density at radius 2 is 1.62 bits per heavy atom. The van der Waals surface area contributed by atoms with Gasteiger partial charge >= 0.3 is 0 Å². The van der Waals surface area contributed by atoms with Crippen LogP contribution in [0.3, 0.4) is 0 Å². The van der Waals surface area contributed by atoms with Gasteiger partial charge in [0.05, 0.1) is 6.54 Å². The van der Waals surface area contributed by atoms with Crippen LogP contribution in [0.4, 0.5) is 8.78 Å². The summed E-state index contributed by atoms with van der Waals surface area (Å²) < 4.78 is 60.2. The normalized spacial score (nSPS) is 18.7. The molecule has 4 rings (SSSR count). The van der Waals surface area contributed by atoms with Gasteiger partial charge in [0.15, 0.2) is 4.90 Å². The highest BCUT2D eigenvalue weighted by atomic mass is 32.2. The van der Waals surface area contributed by atoms with E-state index >= 15 is 0 Å². The third-order valence-corrected chi connectivity index (χ3v) is 7.82. The Morgan fingerprint density at radius 1 is 1.00 bits per heavy atom. The molecule has 3 heterocycles. The van der Waals surface area contributed by atoms with Crippen molar-refractivity contribution in [2.45, 2.75) is 42.7 Å². The highest BCUT2D eigenvalue weighted by Gasteiger charge is 2.31. The molecule has 8 nitrogen and oxygen atoms in total. The maximum absolute atomic E-state index is 13.8. The number of hydrogen-bond donors (Lipinski definition) is 1. The van der Waals surface area contributed by atoms with Crippen LogP contribution in [-0.2, 0) is 14.8 Å². The van der Waals surface area contributed by atoms with Crippen LogP contribution < -0.4 is 9.46 Å². The average molecular weight is 495 g/mol. The SMILES string of the molecule is O=C(CNS(=O)(=O)c1c(F)cccc1F)N1CCC(N2CCC(Oc3ccncc3)CC2)CC1. The second-order valence-electron chi connectivity index (χ2n) is 8.52. The van der Waals surface area contributed by atoms with Crippen LogP contribution in [0.1, 0.15) is 25.7 Å². The first kappa shape index (κ1) is 24.5. The number of sulfonamides is 1. The molecule has 0 aliphatic carbocycles. The summed E-state index contributed by atoms with van der Waals surface area (Å²) in [5.41, 5.74) is 0. The fourth-order valence-corrected chi connectivity index (χ4v) is 5.64. The first-order chi connectivity index (χ1) is 16.3. The second-order valence-corrected chi connectivity index (χ2v) is 10.2. The molecular weight excluding hydrogens is 466 g/mol. The summed E-state index contributed by atoms with van der Waals surface area (Å²) in [5.74, 6) is -1.98. The fourth-order valence-electron chi connectivity index (χ4n) is 4.53. The molecule has 2 aliphatic heterocycles. The Kier molecular flexibility index (Phi) is 7.74. The lowest BCUT2D eigenvalue weighted by molar-refractivity contribution is -0.131.